The maximum Gasteiger partial charge on any atom is 0.325 e. The van der Waals surface area contributed by atoms with Gasteiger partial charge in [-0.25, -0.2) is 4.79 Å². The summed E-state index contributed by atoms with van der Waals surface area (Å²) in [6, 6.07) is 8.77. The topological polar surface area (TPSA) is 97.0 Å². The summed E-state index contributed by atoms with van der Waals surface area (Å²) in [5, 5.41) is 5.85. The zero-order valence-electron chi connectivity index (χ0n) is 16.4. The number of urea groups is 1. The van der Waals surface area contributed by atoms with E-state index < -0.39 is 29.9 Å². The van der Waals surface area contributed by atoms with Crippen molar-refractivity contribution in [3.05, 3.63) is 52.0 Å². The summed E-state index contributed by atoms with van der Waals surface area (Å²) in [6.45, 7) is 1.02. The highest BCUT2D eigenvalue weighted by Crippen LogP contribution is 2.35. The number of anilines is 1. The van der Waals surface area contributed by atoms with Gasteiger partial charge in [0.15, 0.2) is 0 Å². The number of hydrogen-bond acceptors (Lipinski definition) is 5. The molecule has 8 nitrogen and oxygen atoms in total. The van der Waals surface area contributed by atoms with Crippen LogP contribution in [0.1, 0.15) is 12.5 Å². The molecule has 1 fully saturated rings. The lowest BCUT2D eigenvalue weighted by molar-refractivity contribution is -0.133. The fourth-order valence-corrected chi connectivity index (χ4v) is 3.76. The molecule has 1 heterocycles. The number of halogens is 2. The predicted octanol–water partition coefficient (Wildman–Crippen LogP) is 3.42. The van der Waals surface area contributed by atoms with Crippen molar-refractivity contribution >= 4 is 46.7 Å². The summed E-state index contributed by atoms with van der Waals surface area (Å²) >= 11 is 12.1. The molecule has 0 aliphatic carbocycles. The van der Waals surface area contributed by atoms with E-state index in [9.17, 15) is 14.4 Å². The van der Waals surface area contributed by atoms with Gasteiger partial charge >= 0.3 is 6.03 Å². The third-order valence-electron chi connectivity index (χ3n) is 4.73. The monoisotopic (exact) mass is 451 g/mol. The lowest BCUT2D eigenvalue weighted by Gasteiger charge is -2.23. The van der Waals surface area contributed by atoms with E-state index in [4.69, 9.17) is 32.7 Å². The number of methoxy groups -OCH3 is 2. The second kappa shape index (κ2) is 8.41. The van der Waals surface area contributed by atoms with E-state index in [1.165, 1.54) is 27.2 Å². The van der Waals surface area contributed by atoms with Crippen LogP contribution in [0.5, 0.6) is 11.5 Å². The van der Waals surface area contributed by atoms with Gasteiger partial charge in [-0.1, -0.05) is 29.3 Å². The summed E-state index contributed by atoms with van der Waals surface area (Å²) in [5.41, 5.74) is -0.700. The molecular weight excluding hydrogens is 433 g/mol. The van der Waals surface area contributed by atoms with Gasteiger partial charge in [-0.3, -0.25) is 14.5 Å². The third kappa shape index (κ3) is 4.01. The summed E-state index contributed by atoms with van der Waals surface area (Å²) in [5.74, 6) is -0.286. The van der Waals surface area contributed by atoms with E-state index in [0.29, 0.717) is 27.8 Å². The van der Waals surface area contributed by atoms with Crippen LogP contribution in [-0.2, 0) is 15.1 Å². The molecule has 10 heteroatoms. The highest BCUT2D eigenvalue weighted by molar-refractivity contribution is 6.35. The van der Waals surface area contributed by atoms with Gasteiger partial charge in [-0.15, -0.1) is 0 Å². The number of hydrogen-bond donors (Lipinski definition) is 2. The minimum Gasteiger partial charge on any atom is -0.497 e. The highest BCUT2D eigenvalue weighted by atomic mass is 35.5. The Hall–Kier alpha value is -2.97. The Morgan fingerprint density at radius 3 is 2.50 bits per heavy atom. The van der Waals surface area contributed by atoms with Gasteiger partial charge < -0.3 is 20.1 Å². The molecule has 0 aromatic heterocycles. The predicted molar refractivity (Wildman–Crippen MR) is 112 cm³/mol. The van der Waals surface area contributed by atoms with Crippen molar-refractivity contribution in [2.45, 2.75) is 12.5 Å². The molecular formula is C20H19Cl2N3O5. The zero-order chi connectivity index (χ0) is 22.1. The van der Waals surface area contributed by atoms with Crippen LogP contribution in [0.3, 0.4) is 0 Å². The lowest BCUT2D eigenvalue weighted by atomic mass is 9.92. The van der Waals surface area contributed by atoms with Crippen LogP contribution in [0.15, 0.2) is 36.4 Å². The van der Waals surface area contributed by atoms with E-state index in [2.05, 4.69) is 10.6 Å². The van der Waals surface area contributed by atoms with Crippen LogP contribution in [0.4, 0.5) is 10.5 Å². The van der Waals surface area contributed by atoms with Crippen LogP contribution < -0.4 is 20.1 Å². The molecule has 2 N–H and O–H groups in total. The third-order valence-corrected chi connectivity index (χ3v) is 5.28. The van der Waals surface area contributed by atoms with Crippen molar-refractivity contribution in [2.75, 3.05) is 26.1 Å². The first-order valence-electron chi connectivity index (χ1n) is 8.81. The van der Waals surface area contributed by atoms with Gasteiger partial charge in [0, 0.05) is 21.7 Å². The molecule has 158 valence electrons. The summed E-state index contributed by atoms with van der Waals surface area (Å²) < 4.78 is 10.4. The molecule has 2 aromatic rings. The van der Waals surface area contributed by atoms with E-state index in [1.54, 1.807) is 30.3 Å². The van der Waals surface area contributed by atoms with Crippen molar-refractivity contribution in [1.29, 1.82) is 0 Å². The Bertz CT molecular complexity index is 1030. The maximum atomic E-state index is 13.0. The number of imide groups is 1. The van der Waals surface area contributed by atoms with E-state index >= 15 is 0 Å². The molecule has 1 atom stereocenters. The quantitative estimate of drug-likeness (QED) is 0.655. The smallest absolute Gasteiger partial charge is 0.325 e. The largest absolute Gasteiger partial charge is 0.497 e. The van der Waals surface area contributed by atoms with Gasteiger partial charge in [-0.2, -0.15) is 0 Å². The van der Waals surface area contributed by atoms with Crippen molar-refractivity contribution in [1.82, 2.24) is 10.2 Å². The number of carbonyl (C=O) groups is 3. The van der Waals surface area contributed by atoms with Crippen molar-refractivity contribution in [2.24, 2.45) is 0 Å². The second-order valence-electron chi connectivity index (χ2n) is 6.69. The van der Waals surface area contributed by atoms with Crippen LogP contribution in [0, 0.1) is 0 Å². The minimum absolute atomic E-state index is 0.228. The van der Waals surface area contributed by atoms with Gasteiger partial charge in [0.05, 0.1) is 19.9 Å². The number of carbonyl (C=O) groups excluding carboxylic acids is 3. The molecule has 0 spiro atoms. The lowest BCUT2D eigenvalue weighted by Crippen LogP contribution is -2.42. The fourth-order valence-electron chi connectivity index (χ4n) is 3.16. The summed E-state index contributed by atoms with van der Waals surface area (Å²) in [6.07, 6.45) is 0. The Morgan fingerprint density at radius 2 is 1.87 bits per heavy atom. The van der Waals surface area contributed by atoms with Crippen molar-refractivity contribution < 1.29 is 23.9 Å². The van der Waals surface area contributed by atoms with E-state index in [0.717, 1.165) is 4.90 Å². The Morgan fingerprint density at radius 1 is 1.13 bits per heavy atom. The average Bonchev–Trinajstić information content (AvgIpc) is 2.91. The highest BCUT2D eigenvalue weighted by Gasteiger charge is 2.50. The number of nitrogens with one attached hydrogen (secondary N) is 2. The first-order valence-corrected chi connectivity index (χ1v) is 9.56. The zero-order valence-corrected chi connectivity index (χ0v) is 17.9. The molecule has 0 saturated carbocycles. The molecule has 0 radical (unpaired) electrons. The number of benzene rings is 2. The summed E-state index contributed by atoms with van der Waals surface area (Å²) in [7, 11) is 2.94. The van der Waals surface area contributed by atoms with Gasteiger partial charge in [0.1, 0.15) is 23.6 Å². The maximum absolute atomic E-state index is 13.0. The Labute approximate surface area is 183 Å². The van der Waals surface area contributed by atoms with Gasteiger partial charge in [-0.05, 0) is 31.2 Å². The van der Waals surface area contributed by atoms with Crippen LogP contribution in [-0.4, -0.2) is 43.5 Å². The summed E-state index contributed by atoms with van der Waals surface area (Å²) in [4.78, 5) is 38.9. The number of ether oxygens (including phenoxy) is 2. The van der Waals surface area contributed by atoms with Crippen molar-refractivity contribution in [3.63, 3.8) is 0 Å². The van der Waals surface area contributed by atoms with E-state index in [-0.39, 0.29) is 5.02 Å². The number of amides is 4. The van der Waals surface area contributed by atoms with Gasteiger partial charge in [0.25, 0.3) is 5.91 Å². The number of nitrogens with zero attached hydrogens (tertiary/aromatic N) is 1. The molecule has 2 aromatic carbocycles. The first-order chi connectivity index (χ1) is 14.2. The molecule has 30 heavy (non-hydrogen) atoms. The van der Waals surface area contributed by atoms with Crippen molar-refractivity contribution in [3.8, 4) is 11.5 Å². The normalized spacial score (nSPS) is 18.2. The Balaban J connectivity index is 1.80. The number of rotatable bonds is 6. The second-order valence-corrected chi connectivity index (χ2v) is 7.53. The molecule has 0 bridgehead atoms. The molecule has 3 rings (SSSR count). The van der Waals surface area contributed by atoms with Crippen LogP contribution in [0.25, 0.3) is 0 Å². The molecule has 1 saturated heterocycles. The Kier molecular flexibility index (Phi) is 6.09. The molecule has 4 amide bonds. The standard InChI is InChI=1S/C20H19Cl2N3O5/c1-20(13-6-4-11(21)8-14(13)22)18(27)25(19(28)24-20)10-17(26)23-15-9-12(29-2)5-7-16(15)30-3/h4-9H,10H2,1-3H3,(H,23,26)(H,24,28). The fraction of sp³-hybridized carbons (Fsp3) is 0.250. The SMILES string of the molecule is COc1ccc(OC)c(NC(=O)CN2C(=O)NC(C)(c3ccc(Cl)cc3Cl)C2=O)c1. The van der Waals surface area contributed by atoms with Gasteiger partial charge in [0.2, 0.25) is 5.91 Å². The van der Waals surface area contributed by atoms with Crippen LogP contribution >= 0.6 is 23.2 Å². The van der Waals surface area contributed by atoms with Crippen LogP contribution in [0.2, 0.25) is 10.0 Å². The minimum atomic E-state index is -1.42. The molecule has 1 unspecified atom stereocenters. The molecule has 1 aliphatic heterocycles. The average molecular weight is 452 g/mol. The molecule has 1 aliphatic rings. The first kappa shape index (κ1) is 21.7. The van der Waals surface area contributed by atoms with E-state index in [1.807, 2.05) is 0 Å².